The van der Waals surface area contributed by atoms with Gasteiger partial charge < -0.3 is 20.6 Å². The Balaban J connectivity index is 1.39. The Hall–Kier alpha value is -4.33. The Morgan fingerprint density at radius 2 is 1.44 bits per heavy atom. The number of halogens is 2. The summed E-state index contributed by atoms with van der Waals surface area (Å²) in [4.78, 5) is 38.5. The van der Waals surface area contributed by atoms with E-state index in [9.17, 15) is 19.5 Å². The highest BCUT2D eigenvalue weighted by atomic mass is 35.5. The second kappa shape index (κ2) is 12.5. The number of hydrogen-bond donors (Lipinski definition) is 3. The van der Waals surface area contributed by atoms with Crippen LogP contribution in [0.4, 0.5) is 16.2 Å². The van der Waals surface area contributed by atoms with Crippen LogP contribution in [0.3, 0.4) is 0 Å². The first-order valence-corrected chi connectivity index (χ1v) is 12.7. The summed E-state index contributed by atoms with van der Waals surface area (Å²) in [6.07, 6.45) is 0.210. The second-order valence-electron chi connectivity index (χ2n) is 8.82. The summed E-state index contributed by atoms with van der Waals surface area (Å²) in [6.45, 7) is 0. The molecule has 9 heteroatoms. The van der Waals surface area contributed by atoms with Gasteiger partial charge in [-0.05, 0) is 59.2 Å². The molecular weight excluding hydrogens is 537 g/mol. The third-order valence-corrected chi connectivity index (χ3v) is 6.68. The maximum absolute atomic E-state index is 13.0. The van der Waals surface area contributed by atoms with Gasteiger partial charge in [0.15, 0.2) is 0 Å². The fourth-order valence-corrected chi connectivity index (χ4v) is 4.45. The number of nitrogens with one attached hydrogen (secondary N) is 2. The Kier molecular flexibility index (Phi) is 8.86. The molecular formula is C30H25Cl2N3O4. The van der Waals surface area contributed by atoms with Gasteiger partial charge in [0.1, 0.15) is 6.04 Å². The lowest BCUT2D eigenvalue weighted by Gasteiger charge is -2.25. The number of anilines is 2. The van der Waals surface area contributed by atoms with E-state index in [1.165, 1.54) is 11.9 Å². The largest absolute Gasteiger partial charge is 0.480 e. The van der Waals surface area contributed by atoms with Gasteiger partial charge in [-0.1, -0.05) is 77.8 Å². The van der Waals surface area contributed by atoms with Crippen molar-refractivity contribution < 1.29 is 19.5 Å². The minimum atomic E-state index is -1.06. The Labute approximate surface area is 236 Å². The summed E-state index contributed by atoms with van der Waals surface area (Å²) in [5, 5.41) is 15.9. The van der Waals surface area contributed by atoms with Crippen LogP contribution >= 0.6 is 23.2 Å². The van der Waals surface area contributed by atoms with E-state index in [2.05, 4.69) is 10.6 Å². The molecule has 0 radical (unpaired) electrons. The number of benzene rings is 4. The van der Waals surface area contributed by atoms with Crippen molar-refractivity contribution >= 4 is 52.5 Å². The average molecular weight is 562 g/mol. The van der Waals surface area contributed by atoms with Crippen molar-refractivity contribution in [1.82, 2.24) is 4.90 Å². The van der Waals surface area contributed by atoms with E-state index in [0.717, 1.165) is 16.7 Å². The highest BCUT2D eigenvalue weighted by Crippen LogP contribution is 2.26. The number of rotatable bonds is 8. The van der Waals surface area contributed by atoms with Gasteiger partial charge >= 0.3 is 12.0 Å². The molecule has 0 spiro atoms. The molecule has 198 valence electrons. The molecule has 0 heterocycles. The topological polar surface area (TPSA) is 98.7 Å². The van der Waals surface area contributed by atoms with Crippen molar-refractivity contribution in [3.8, 4) is 11.1 Å². The fourth-order valence-electron chi connectivity index (χ4n) is 4.00. The number of carboxylic acids is 1. The minimum absolute atomic E-state index is 0.210. The lowest BCUT2D eigenvalue weighted by Crippen LogP contribution is -2.43. The molecule has 4 rings (SSSR count). The van der Waals surface area contributed by atoms with Gasteiger partial charge in [0.2, 0.25) is 0 Å². The van der Waals surface area contributed by atoms with Gasteiger partial charge in [0.25, 0.3) is 5.91 Å². The number of aliphatic carboxylic acids is 1. The summed E-state index contributed by atoms with van der Waals surface area (Å²) in [5.74, 6) is -1.44. The molecule has 3 N–H and O–H groups in total. The smallest absolute Gasteiger partial charge is 0.326 e. The molecule has 0 aromatic heterocycles. The highest BCUT2D eigenvalue weighted by molar-refractivity contribution is 6.36. The summed E-state index contributed by atoms with van der Waals surface area (Å²) >= 11 is 12.0. The summed E-state index contributed by atoms with van der Waals surface area (Å²) < 4.78 is 0. The van der Waals surface area contributed by atoms with Gasteiger partial charge in [-0.3, -0.25) is 4.79 Å². The van der Waals surface area contributed by atoms with Crippen LogP contribution in [0.1, 0.15) is 15.9 Å². The van der Waals surface area contributed by atoms with Crippen molar-refractivity contribution in [2.75, 3.05) is 17.7 Å². The predicted octanol–water partition coefficient (Wildman–Crippen LogP) is 7.07. The maximum Gasteiger partial charge on any atom is 0.326 e. The zero-order valence-corrected chi connectivity index (χ0v) is 22.4. The number of carbonyl (C=O) groups is 3. The Morgan fingerprint density at radius 3 is 2.03 bits per heavy atom. The van der Waals surface area contributed by atoms with E-state index in [-0.39, 0.29) is 12.3 Å². The molecule has 0 fully saturated rings. The molecule has 0 saturated heterocycles. The number of likely N-dealkylation sites (N-methyl/N-ethyl adjacent to an activating group) is 1. The number of urea groups is 1. The van der Waals surface area contributed by atoms with Gasteiger partial charge in [-0.25, -0.2) is 9.59 Å². The third-order valence-electron chi connectivity index (χ3n) is 6.13. The van der Waals surface area contributed by atoms with Crippen LogP contribution < -0.4 is 10.6 Å². The molecule has 0 bridgehead atoms. The molecule has 0 aliphatic heterocycles. The monoisotopic (exact) mass is 561 g/mol. The standard InChI is InChI=1S/C30H25Cl2N3O4/c1-35(27(29(37)38)17-19-5-3-2-4-6-19)28(36)22-9-7-20(8-10-22)21-11-14-24(15-12-21)33-30(39)34-26-16-13-23(31)18-25(26)32/h2-16,18,27H,17H2,1H3,(H,37,38)(H2,33,34,39)/t27-/m0/s1. The predicted molar refractivity (Wildman–Crippen MR) is 155 cm³/mol. The van der Waals surface area contributed by atoms with Crippen molar-refractivity contribution in [3.63, 3.8) is 0 Å². The quantitative estimate of drug-likeness (QED) is 0.214. The number of carbonyl (C=O) groups excluding carboxylic acids is 2. The Morgan fingerprint density at radius 1 is 0.821 bits per heavy atom. The van der Waals surface area contributed by atoms with Gasteiger partial charge in [-0.15, -0.1) is 0 Å². The maximum atomic E-state index is 13.0. The van der Waals surface area contributed by atoms with Crippen LogP contribution in [-0.2, 0) is 11.2 Å². The molecule has 1 atom stereocenters. The third kappa shape index (κ3) is 7.16. The number of hydrogen-bond acceptors (Lipinski definition) is 3. The lowest BCUT2D eigenvalue weighted by atomic mass is 10.0. The fraction of sp³-hybridized carbons (Fsp3) is 0.100. The minimum Gasteiger partial charge on any atom is -0.480 e. The molecule has 3 amide bonds. The zero-order valence-electron chi connectivity index (χ0n) is 20.9. The van der Waals surface area contributed by atoms with Crippen molar-refractivity contribution in [2.45, 2.75) is 12.5 Å². The molecule has 0 aliphatic carbocycles. The molecule has 4 aromatic rings. The zero-order chi connectivity index (χ0) is 27.9. The number of carboxylic acid groups (broad SMARTS) is 1. The van der Waals surface area contributed by atoms with Crippen molar-refractivity contribution in [1.29, 1.82) is 0 Å². The first-order chi connectivity index (χ1) is 18.7. The molecule has 0 saturated carbocycles. The molecule has 0 unspecified atom stereocenters. The van der Waals surface area contributed by atoms with Crippen LogP contribution in [0.25, 0.3) is 11.1 Å². The summed E-state index contributed by atoms with van der Waals surface area (Å²) in [6, 6.07) is 26.7. The van der Waals surface area contributed by atoms with Crippen LogP contribution in [0.2, 0.25) is 10.0 Å². The van der Waals surface area contributed by atoms with E-state index in [0.29, 0.717) is 27.0 Å². The number of nitrogens with zero attached hydrogens (tertiary/aromatic N) is 1. The number of amides is 3. The molecule has 39 heavy (non-hydrogen) atoms. The average Bonchev–Trinajstić information content (AvgIpc) is 2.93. The van der Waals surface area contributed by atoms with Crippen LogP contribution in [0.5, 0.6) is 0 Å². The van der Waals surface area contributed by atoms with Crippen molar-refractivity contribution in [3.05, 3.63) is 118 Å². The van der Waals surface area contributed by atoms with E-state index >= 15 is 0 Å². The molecule has 7 nitrogen and oxygen atoms in total. The highest BCUT2D eigenvalue weighted by Gasteiger charge is 2.27. The van der Waals surface area contributed by atoms with E-state index < -0.39 is 18.0 Å². The second-order valence-corrected chi connectivity index (χ2v) is 9.66. The van der Waals surface area contributed by atoms with E-state index in [1.54, 1.807) is 54.6 Å². The normalized spacial score (nSPS) is 11.4. The Bertz CT molecular complexity index is 1480. The summed E-state index contributed by atoms with van der Waals surface area (Å²) in [5.41, 5.74) is 3.97. The van der Waals surface area contributed by atoms with E-state index in [4.69, 9.17) is 23.2 Å². The van der Waals surface area contributed by atoms with Crippen LogP contribution in [0, 0.1) is 0 Å². The van der Waals surface area contributed by atoms with Crippen LogP contribution in [-0.4, -0.2) is 41.0 Å². The van der Waals surface area contributed by atoms with Gasteiger partial charge in [-0.2, -0.15) is 0 Å². The SMILES string of the molecule is CN(C(=O)c1ccc(-c2ccc(NC(=O)Nc3ccc(Cl)cc3Cl)cc2)cc1)[C@@H](Cc1ccccc1)C(=O)O. The van der Waals surface area contributed by atoms with Gasteiger partial charge in [0, 0.05) is 29.7 Å². The first-order valence-electron chi connectivity index (χ1n) is 12.0. The van der Waals surface area contributed by atoms with Crippen LogP contribution in [0.15, 0.2) is 97.1 Å². The lowest BCUT2D eigenvalue weighted by molar-refractivity contribution is -0.141. The summed E-state index contributed by atoms with van der Waals surface area (Å²) in [7, 11) is 1.50. The molecule has 4 aromatic carbocycles. The van der Waals surface area contributed by atoms with Crippen molar-refractivity contribution in [2.24, 2.45) is 0 Å². The van der Waals surface area contributed by atoms with E-state index in [1.807, 2.05) is 42.5 Å². The molecule has 0 aliphatic rings. The first kappa shape index (κ1) is 27.7. The van der Waals surface area contributed by atoms with Gasteiger partial charge in [0.05, 0.1) is 10.7 Å².